The van der Waals surface area contributed by atoms with Crippen molar-refractivity contribution >= 4 is 23.2 Å². The van der Waals surface area contributed by atoms with Crippen molar-refractivity contribution in [1.82, 2.24) is 10.1 Å². The molecule has 0 atom stereocenters. The Kier molecular flexibility index (Phi) is 4.55. The Morgan fingerprint density at radius 2 is 1.91 bits per heavy atom. The van der Waals surface area contributed by atoms with Gasteiger partial charge in [-0.25, -0.2) is 0 Å². The monoisotopic (exact) mass is 348 g/mol. The first kappa shape index (κ1) is 15.8. The van der Waals surface area contributed by atoms with E-state index in [2.05, 4.69) is 16.2 Å². The van der Waals surface area contributed by atoms with Crippen LogP contribution in [0.3, 0.4) is 0 Å². The molecule has 0 saturated carbocycles. The van der Waals surface area contributed by atoms with Crippen LogP contribution >= 0.6 is 23.2 Å². The molecule has 0 aliphatic heterocycles. The summed E-state index contributed by atoms with van der Waals surface area (Å²) in [6, 6.07) is 11.1. The van der Waals surface area contributed by atoms with Crippen molar-refractivity contribution in [2.24, 2.45) is 0 Å². The molecule has 1 aromatic heterocycles. The Hall–Kier alpha value is -2.04. The first-order chi connectivity index (χ1) is 11.0. The Bertz CT molecular complexity index is 846. The predicted octanol–water partition coefficient (Wildman–Crippen LogP) is 5.24. The van der Waals surface area contributed by atoms with Crippen LogP contribution in [-0.4, -0.2) is 10.1 Å². The summed E-state index contributed by atoms with van der Waals surface area (Å²) in [7, 11) is 0. The van der Waals surface area contributed by atoms with Gasteiger partial charge in [0.1, 0.15) is 5.75 Å². The third kappa shape index (κ3) is 3.66. The average Bonchev–Trinajstić information content (AvgIpc) is 2.95. The molecule has 0 radical (unpaired) electrons. The first-order valence-corrected chi connectivity index (χ1v) is 7.76. The number of aryl methyl sites for hydroxylation is 2. The van der Waals surface area contributed by atoms with Crippen LogP contribution in [0.2, 0.25) is 10.0 Å². The highest BCUT2D eigenvalue weighted by molar-refractivity contribution is 6.36. The van der Waals surface area contributed by atoms with Gasteiger partial charge < -0.3 is 9.26 Å². The lowest BCUT2D eigenvalue weighted by atomic mass is 10.1. The van der Waals surface area contributed by atoms with Gasteiger partial charge in [-0.1, -0.05) is 46.1 Å². The summed E-state index contributed by atoms with van der Waals surface area (Å²) in [4.78, 5) is 4.30. The number of nitrogens with zero attached hydrogens (tertiary/aromatic N) is 2. The molecule has 23 heavy (non-hydrogen) atoms. The van der Waals surface area contributed by atoms with Gasteiger partial charge in [-0.3, -0.25) is 0 Å². The molecule has 1 heterocycles. The SMILES string of the molecule is Cc1ccc(OCc2nc(-c3ccc(Cl)cc3Cl)no2)c(C)c1. The van der Waals surface area contributed by atoms with E-state index in [1.54, 1.807) is 18.2 Å². The van der Waals surface area contributed by atoms with E-state index in [4.69, 9.17) is 32.5 Å². The average molecular weight is 349 g/mol. The number of hydrogen-bond acceptors (Lipinski definition) is 4. The molecule has 4 nitrogen and oxygen atoms in total. The molecule has 118 valence electrons. The maximum Gasteiger partial charge on any atom is 0.264 e. The van der Waals surface area contributed by atoms with Gasteiger partial charge in [-0.2, -0.15) is 4.98 Å². The smallest absolute Gasteiger partial charge is 0.264 e. The van der Waals surface area contributed by atoms with Crippen LogP contribution in [0.4, 0.5) is 0 Å². The van der Waals surface area contributed by atoms with Crippen LogP contribution in [0, 0.1) is 13.8 Å². The lowest BCUT2D eigenvalue weighted by molar-refractivity contribution is 0.241. The summed E-state index contributed by atoms with van der Waals surface area (Å²) in [5, 5.41) is 4.96. The first-order valence-electron chi connectivity index (χ1n) is 7.01. The number of hydrogen-bond donors (Lipinski definition) is 0. The van der Waals surface area contributed by atoms with Crippen LogP contribution in [0.25, 0.3) is 11.4 Å². The maximum absolute atomic E-state index is 6.14. The van der Waals surface area contributed by atoms with Crippen LogP contribution < -0.4 is 4.74 Å². The van der Waals surface area contributed by atoms with Gasteiger partial charge in [-0.05, 0) is 43.7 Å². The van der Waals surface area contributed by atoms with Gasteiger partial charge in [0.05, 0.1) is 5.02 Å². The van der Waals surface area contributed by atoms with Gasteiger partial charge in [0.25, 0.3) is 5.89 Å². The molecule has 0 N–H and O–H groups in total. The summed E-state index contributed by atoms with van der Waals surface area (Å²) in [5.41, 5.74) is 2.91. The number of rotatable bonds is 4. The molecule has 2 aromatic carbocycles. The van der Waals surface area contributed by atoms with Crippen molar-refractivity contribution in [3.8, 4) is 17.1 Å². The molecule has 0 unspecified atom stereocenters. The third-order valence-electron chi connectivity index (χ3n) is 3.32. The van der Waals surface area contributed by atoms with Gasteiger partial charge in [0.15, 0.2) is 6.61 Å². The van der Waals surface area contributed by atoms with Gasteiger partial charge in [0, 0.05) is 10.6 Å². The molecule has 0 saturated heterocycles. The quantitative estimate of drug-likeness (QED) is 0.646. The minimum absolute atomic E-state index is 0.197. The topological polar surface area (TPSA) is 48.2 Å². The molecule has 3 aromatic rings. The normalized spacial score (nSPS) is 10.8. The zero-order valence-electron chi connectivity index (χ0n) is 12.6. The van der Waals surface area contributed by atoms with E-state index in [1.165, 1.54) is 5.56 Å². The highest BCUT2D eigenvalue weighted by atomic mass is 35.5. The number of aromatic nitrogens is 2. The van der Waals surface area contributed by atoms with E-state index >= 15 is 0 Å². The molecule has 0 amide bonds. The Balaban J connectivity index is 1.74. The van der Waals surface area contributed by atoms with Gasteiger partial charge >= 0.3 is 0 Å². The van der Waals surface area contributed by atoms with Crippen molar-refractivity contribution in [2.75, 3.05) is 0 Å². The molecular weight excluding hydrogens is 335 g/mol. The van der Waals surface area contributed by atoms with E-state index in [0.717, 1.165) is 11.3 Å². The van der Waals surface area contributed by atoms with Crippen LogP contribution in [-0.2, 0) is 6.61 Å². The second-order valence-corrected chi connectivity index (χ2v) is 6.04. The lowest BCUT2D eigenvalue weighted by Crippen LogP contribution is -1.97. The lowest BCUT2D eigenvalue weighted by Gasteiger charge is -2.07. The standard InChI is InChI=1S/C17H14Cl2N2O2/c1-10-3-6-15(11(2)7-10)22-9-16-20-17(21-23-16)13-5-4-12(18)8-14(13)19/h3-8H,9H2,1-2H3. The molecule has 0 spiro atoms. The largest absolute Gasteiger partial charge is 0.483 e. The fourth-order valence-electron chi connectivity index (χ4n) is 2.19. The number of benzene rings is 2. The highest BCUT2D eigenvalue weighted by Gasteiger charge is 2.13. The molecule has 0 fully saturated rings. The Labute approximate surface area is 144 Å². The maximum atomic E-state index is 6.14. The van der Waals surface area contributed by atoms with Gasteiger partial charge in [0.2, 0.25) is 5.82 Å². The van der Waals surface area contributed by atoms with Crippen molar-refractivity contribution in [3.05, 3.63) is 63.5 Å². The molecular formula is C17H14Cl2N2O2. The van der Waals surface area contributed by atoms with Crippen molar-refractivity contribution in [2.45, 2.75) is 20.5 Å². The minimum Gasteiger partial charge on any atom is -0.483 e. The zero-order valence-corrected chi connectivity index (χ0v) is 14.1. The van der Waals surface area contributed by atoms with E-state index in [1.807, 2.05) is 26.0 Å². The van der Waals surface area contributed by atoms with Crippen LogP contribution in [0.5, 0.6) is 5.75 Å². The second kappa shape index (κ2) is 6.60. The summed E-state index contributed by atoms with van der Waals surface area (Å²) in [5.74, 6) is 1.58. The van der Waals surface area contributed by atoms with Crippen molar-refractivity contribution in [3.63, 3.8) is 0 Å². The van der Waals surface area contributed by atoms with E-state index < -0.39 is 0 Å². The molecule has 0 aliphatic rings. The Morgan fingerprint density at radius 3 is 2.65 bits per heavy atom. The van der Waals surface area contributed by atoms with Crippen molar-refractivity contribution < 1.29 is 9.26 Å². The fraction of sp³-hybridized carbons (Fsp3) is 0.176. The number of halogens is 2. The second-order valence-electron chi connectivity index (χ2n) is 5.19. The number of ether oxygens (including phenoxy) is 1. The summed E-state index contributed by atoms with van der Waals surface area (Å²) in [6.07, 6.45) is 0. The molecule has 6 heteroatoms. The van der Waals surface area contributed by atoms with Gasteiger partial charge in [-0.15, -0.1) is 0 Å². The summed E-state index contributed by atoms with van der Waals surface area (Å²) in [6.45, 7) is 4.23. The zero-order chi connectivity index (χ0) is 16.4. The van der Waals surface area contributed by atoms with Crippen LogP contribution in [0.15, 0.2) is 40.9 Å². The molecule has 0 bridgehead atoms. The highest BCUT2D eigenvalue weighted by Crippen LogP contribution is 2.28. The predicted molar refractivity (Wildman–Crippen MR) is 90.0 cm³/mol. The molecule has 3 rings (SSSR count). The molecule has 0 aliphatic carbocycles. The third-order valence-corrected chi connectivity index (χ3v) is 3.87. The van der Waals surface area contributed by atoms with Crippen LogP contribution in [0.1, 0.15) is 17.0 Å². The Morgan fingerprint density at radius 1 is 1.09 bits per heavy atom. The van der Waals surface area contributed by atoms with E-state index in [9.17, 15) is 0 Å². The summed E-state index contributed by atoms with van der Waals surface area (Å²) < 4.78 is 10.9. The fourth-order valence-corrected chi connectivity index (χ4v) is 2.69. The van der Waals surface area contributed by atoms with Crippen molar-refractivity contribution in [1.29, 1.82) is 0 Å². The van der Waals surface area contributed by atoms with E-state index in [-0.39, 0.29) is 6.61 Å². The summed E-state index contributed by atoms with van der Waals surface area (Å²) >= 11 is 12.0. The minimum atomic E-state index is 0.197. The van der Waals surface area contributed by atoms with E-state index in [0.29, 0.717) is 27.3 Å².